The summed E-state index contributed by atoms with van der Waals surface area (Å²) in [6.45, 7) is 4.33. The third kappa shape index (κ3) is 4.47. The van der Waals surface area contributed by atoms with Gasteiger partial charge in [-0.05, 0) is 49.9 Å². The average Bonchev–Trinajstić information content (AvgIpc) is 3.22. The number of carbonyl (C=O) groups excluding carboxylic acids is 1. The zero-order valence-corrected chi connectivity index (χ0v) is 18.7. The molecule has 168 valence electrons. The number of amides is 1. The second-order valence-corrected chi connectivity index (χ2v) is 8.11. The van der Waals surface area contributed by atoms with E-state index < -0.39 is 12.0 Å². The SMILES string of the molecule is CO[C@H](C)[C@H]1C(=O)Nc2c(cc(CCc3cnn(Cc4ccc(F)nc4)c3)nc2C)N1C. The number of ether oxygens (including phenoxy) is 1. The number of nitrogens with zero attached hydrogens (tertiary/aromatic N) is 5. The average molecular weight is 439 g/mol. The number of hydrogen-bond acceptors (Lipinski definition) is 6. The summed E-state index contributed by atoms with van der Waals surface area (Å²) in [5, 5.41) is 7.39. The molecule has 4 rings (SSSR count). The minimum atomic E-state index is -0.490. The molecule has 1 amide bonds. The predicted molar refractivity (Wildman–Crippen MR) is 119 cm³/mol. The Balaban J connectivity index is 1.46. The number of carbonyl (C=O) groups is 1. The van der Waals surface area contributed by atoms with Gasteiger partial charge in [0.2, 0.25) is 11.9 Å². The zero-order chi connectivity index (χ0) is 22.8. The van der Waals surface area contributed by atoms with Gasteiger partial charge in [-0.2, -0.15) is 9.49 Å². The Morgan fingerprint density at radius 3 is 2.78 bits per heavy atom. The molecule has 3 aromatic rings. The van der Waals surface area contributed by atoms with E-state index in [1.165, 1.54) is 12.3 Å². The molecular weight excluding hydrogens is 411 g/mol. The Kier molecular flexibility index (Phi) is 6.18. The summed E-state index contributed by atoms with van der Waals surface area (Å²) in [5.41, 5.74) is 5.41. The summed E-state index contributed by atoms with van der Waals surface area (Å²) < 4.78 is 20.2. The molecule has 8 nitrogen and oxygen atoms in total. The first-order chi connectivity index (χ1) is 15.4. The van der Waals surface area contributed by atoms with E-state index >= 15 is 0 Å². The third-order valence-corrected chi connectivity index (χ3v) is 5.85. The van der Waals surface area contributed by atoms with Gasteiger partial charge >= 0.3 is 0 Å². The highest BCUT2D eigenvalue weighted by Crippen LogP contribution is 2.35. The Morgan fingerprint density at radius 1 is 1.25 bits per heavy atom. The van der Waals surface area contributed by atoms with E-state index in [9.17, 15) is 9.18 Å². The van der Waals surface area contributed by atoms with E-state index in [2.05, 4.69) is 15.4 Å². The van der Waals surface area contributed by atoms with Crippen molar-refractivity contribution in [3.63, 3.8) is 0 Å². The molecule has 1 N–H and O–H groups in total. The van der Waals surface area contributed by atoms with Crippen molar-refractivity contribution >= 4 is 17.3 Å². The van der Waals surface area contributed by atoms with Crippen LogP contribution in [0.5, 0.6) is 0 Å². The highest BCUT2D eigenvalue weighted by molar-refractivity contribution is 6.04. The van der Waals surface area contributed by atoms with Crippen molar-refractivity contribution in [2.75, 3.05) is 24.4 Å². The van der Waals surface area contributed by atoms with Crippen molar-refractivity contribution in [1.29, 1.82) is 0 Å². The number of aromatic nitrogens is 4. The molecular formula is C23H27FN6O2. The van der Waals surface area contributed by atoms with E-state index in [0.717, 1.165) is 46.7 Å². The lowest BCUT2D eigenvalue weighted by Crippen LogP contribution is -2.52. The molecule has 0 radical (unpaired) electrons. The molecule has 1 aliphatic rings. The lowest BCUT2D eigenvalue weighted by atomic mass is 10.0. The number of likely N-dealkylation sites (N-methyl/N-ethyl adjacent to an activating group) is 1. The molecule has 0 bridgehead atoms. The zero-order valence-electron chi connectivity index (χ0n) is 18.7. The molecule has 3 aromatic heterocycles. The molecule has 9 heteroatoms. The molecule has 0 saturated carbocycles. The largest absolute Gasteiger partial charge is 0.379 e. The number of hydrogen-bond donors (Lipinski definition) is 1. The summed E-state index contributed by atoms with van der Waals surface area (Å²) in [5.74, 6) is -0.577. The Morgan fingerprint density at radius 2 is 2.06 bits per heavy atom. The normalized spacial score (nSPS) is 16.6. The van der Waals surface area contributed by atoms with Crippen molar-refractivity contribution in [1.82, 2.24) is 19.7 Å². The van der Waals surface area contributed by atoms with Gasteiger partial charge in [-0.1, -0.05) is 6.07 Å². The second kappa shape index (κ2) is 9.04. The molecule has 0 fully saturated rings. The number of aryl methyl sites for hydroxylation is 3. The summed E-state index contributed by atoms with van der Waals surface area (Å²) in [4.78, 5) is 22.9. The Hall–Kier alpha value is -3.33. The van der Waals surface area contributed by atoms with Gasteiger partial charge in [0.05, 0.1) is 35.9 Å². The fraction of sp³-hybridized carbons (Fsp3) is 0.391. The van der Waals surface area contributed by atoms with Crippen LogP contribution in [0.15, 0.2) is 36.8 Å². The van der Waals surface area contributed by atoms with Crippen molar-refractivity contribution in [3.8, 4) is 0 Å². The first-order valence-electron chi connectivity index (χ1n) is 10.5. The quantitative estimate of drug-likeness (QED) is 0.571. The molecule has 0 aromatic carbocycles. The fourth-order valence-electron chi connectivity index (χ4n) is 4.04. The number of rotatable bonds is 7. The van der Waals surface area contributed by atoms with Crippen molar-refractivity contribution < 1.29 is 13.9 Å². The molecule has 0 aliphatic carbocycles. The smallest absolute Gasteiger partial charge is 0.249 e. The number of fused-ring (bicyclic) bond motifs is 1. The van der Waals surface area contributed by atoms with Crippen LogP contribution in [0.4, 0.5) is 15.8 Å². The van der Waals surface area contributed by atoms with E-state index in [1.807, 2.05) is 48.9 Å². The number of anilines is 2. The lowest BCUT2D eigenvalue weighted by Gasteiger charge is -2.38. The monoisotopic (exact) mass is 438 g/mol. The first-order valence-corrected chi connectivity index (χ1v) is 10.5. The number of methoxy groups -OCH3 is 1. The van der Waals surface area contributed by atoms with E-state index in [1.54, 1.807) is 13.2 Å². The second-order valence-electron chi connectivity index (χ2n) is 8.11. The van der Waals surface area contributed by atoms with Gasteiger partial charge in [-0.15, -0.1) is 0 Å². The van der Waals surface area contributed by atoms with Gasteiger partial charge in [0.15, 0.2) is 0 Å². The van der Waals surface area contributed by atoms with Crippen LogP contribution < -0.4 is 10.2 Å². The molecule has 32 heavy (non-hydrogen) atoms. The lowest BCUT2D eigenvalue weighted by molar-refractivity contribution is -0.120. The third-order valence-electron chi connectivity index (χ3n) is 5.85. The highest BCUT2D eigenvalue weighted by atomic mass is 19.1. The van der Waals surface area contributed by atoms with Crippen LogP contribution in [0.1, 0.15) is 29.4 Å². The van der Waals surface area contributed by atoms with Gasteiger partial charge in [0, 0.05) is 32.2 Å². The van der Waals surface area contributed by atoms with Crippen molar-refractivity contribution in [3.05, 3.63) is 65.3 Å². The number of pyridine rings is 2. The maximum absolute atomic E-state index is 13.0. The maximum Gasteiger partial charge on any atom is 0.249 e. The topological polar surface area (TPSA) is 85.2 Å². The summed E-state index contributed by atoms with van der Waals surface area (Å²) in [6.07, 6.45) is 6.61. The fourth-order valence-corrected chi connectivity index (χ4v) is 4.04. The van der Waals surface area contributed by atoms with Crippen LogP contribution >= 0.6 is 0 Å². The summed E-state index contributed by atoms with van der Waals surface area (Å²) in [6, 6.07) is 4.69. The van der Waals surface area contributed by atoms with Gasteiger partial charge in [0.1, 0.15) is 6.04 Å². The first kappa shape index (κ1) is 21.9. The van der Waals surface area contributed by atoms with Crippen LogP contribution in [0.25, 0.3) is 0 Å². The van der Waals surface area contributed by atoms with Gasteiger partial charge in [-0.3, -0.25) is 14.5 Å². The molecule has 0 unspecified atom stereocenters. The van der Waals surface area contributed by atoms with Gasteiger partial charge in [0.25, 0.3) is 0 Å². The number of nitrogens with one attached hydrogen (secondary N) is 1. The van der Waals surface area contributed by atoms with E-state index in [4.69, 9.17) is 9.72 Å². The van der Waals surface area contributed by atoms with Crippen molar-refractivity contribution in [2.24, 2.45) is 0 Å². The van der Waals surface area contributed by atoms with Crippen LogP contribution in [0.2, 0.25) is 0 Å². The minimum Gasteiger partial charge on any atom is -0.379 e. The van der Waals surface area contributed by atoms with Crippen LogP contribution in [-0.2, 0) is 28.9 Å². The molecule has 1 aliphatic heterocycles. The Bertz CT molecular complexity index is 1110. The van der Waals surface area contributed by atoms with E-state index in [0.29, 0.717) is 6.54 Å². The van der Waals surface area contributed by atoms with Gasteiger partial charge in [-0.25, -0.2) is 4.98 Å². The number of halogens is 1. The summed E-state index contributed by atoms with van der Waals surface area (Å²) >= 11 is 0. The van der Waals surface area contributed by atoms with Crippen LogP contribution in [0.3, 0.4) is 0 Å². The van der Waals surface area contributed by atoms with Gasteiger partial charge < -0.3 is 15.0 Å². The van der Waals surface area contributed by atoms with Crippen LogP contribution in [-0.4, -0.2) is 52.0 Å². The molecule has 0 spiro atoms. The molecule has 0 saturated heterocycles. The highest BCUT2D eigenvalue weighted by Gasteiger charge is 2.36. The Labute approximate surface area is 186 Å². The molecule has 4 heterocycles. The summed E-state index contributed by atoms with van der Waals surface area (Å²) in [7, 11) is 3.52. The van der Waals surface area contributed by atoms with Crippen LogP contribution in [0, 0.1) is 12.9 Å². The van der Waals surface area contributed by atoms with E-state index in [-0.39, 0.29) is 12.0 Å². The maximum atomic E-state index is 13.0. The van der Waals surface area contributed by atoms with Crippen molar-refractivity contribution in [2.45, 2.75) is 45.4 Å². The molecule has 2 atom stereocenters. The standard InChI is InChI=1S/C23H27FN6O2/c1-14-21-19(29(3)22(15(2)32-4)23(31)28-21)9-18(27-14)7-5-17-11-26-30(13-17)12-16-6-8-20(24)25-10-16/h6,8-11,13,15,22H,5,7,12H2,1-4H3,(H,28,31)/t15-,22+/m1/s1. The minimum absolute atomic E-state index is 0.0873. The predicted octanol–water partition coefficient (Wildman–Crippen LogP) is 2.75.